The molecule has 3 aromatic rings. The highest BCUT2D eigenvalue weighted by atomic mass is 19.1. The maximum atomic E-state index is 13.5. The van der Waals surface area contributed by atoms with Gasteiger partial charge in [0.2, 0.25) is 0 Å². The number of nitriles is 1. The Morgan fingerprint density at radius 1 is 1.13 bits per heavy atom. The molecule has 3 aromatic carbocycles. The Kier molecular flexibility index (Phi) is 5.57. The number of piperidine rings is 1. The van der Waals surface area contributed by atoms with Crippen molar-refractivity contribution in [2.45, 2.75) is 18.3 Å². The molecule has 0 saturated carbocycles. The van der Waals surface area contributed by atoms with E-state index in [1.807, 2.05) is 48.5 Å². The highest BCUT2D eigenvalue weighted by molar-refractivity contribution is 5.93. The van der Waals surface area contributed by atoms with Crippen LogP contribution < -0.4 is 0 Å². The Hall–Kier alpha value is -3.16. The zero-order valence-electron chi connectivity index (χ0n) is 17.2. The second-order valence-electron chi connectivity index (χ2n) is 8.16. The van der Waals surface area contributed by atoms with Crippen molar-refractivity contribution in [2.24, 2.45) is 0 Å². The summed E-state index contributed by atoms with van der Waals surface area (Å²) in [5.74, 6) is 0.329. The first-order chi connectivity index (χ1) is 14.5. The maximum Gasteiger partial charge on any atom is 0.123 e. The molecule has 4 rings (SSSR count). The monoisotopic (exact) mass is 400 g/mol. The van der Waals surface area contributed by atoms with Gasteiger partial charge in [-0.15, -0.1) is 0 Å². The summed E-state index contributed by atoms with van der Waals surface area (Å²) >= 11 is 0. The summed E-state index contributed by atoms with van der Waals surface area (Å²) < 4.78 is 19.8. The van der Waals surface area contributed by atoms with Gasteiger partial charge < -0.3 is 9.64 Å². The fourth-order valence-corrected chi connectivity index (χ4v) is 4.28. The number of benzene rings is 3. The van der Waals surface area contributed by atoms with Crippen LogP contribution >= 0.6 is 0 Å². The minimum absolute atomic E-state index is 0.189. The third-order valence-electron chi connectivity index (χ3n) is 6.21. The SMILES string of the molecule is C=C(OCC1(c2ccc(F)cc2)CCN(C)CC1)c1cc(C#N)cc2ccccc12. The van der Waals surface area contributed by atoms with Gasteiger partial charge in [0.25, 0.3) is 0 Å². The molecule has 0 bridgehead atoms. The molecule has 0 atom stereocenters. The van der Waals surface area contributed by atoms with E-state index in [1.165, 1.54) is 12.1 Å². The first-order valence-corrected chi connectivity index (χ1v) is 10.2. The second-order valence-corrected chi connectivity index (χ2v) is 8.16. The molecule has 1 aliphatic rings. The highest BCUT2D eigenvalue weighted by Gasteiger charge is 2.36. The molecule has 0 N–H and O–H groups in total. The lowest BCUT2D eigenvalue weighted by Crippen LogP contribution is -2.43. The molecule has 1 fully saturated rings. The van der Waals surface area contributed by atoms with Gasteiger partial charge in [-0.05, 0) is 73.6 Å². The quantitative estimate of drug-likeness (QED) is 0.531. The predicted octanol–water partition coefficient (Wildman–Crippen LogP) is 5.50. The molecular weight excluding hydrogens is 375 g/mol. The minimum Gasteiger partial charge on any atom is -0.493 e. The molecule has 1 heterocycles. The number of fused-ring (bicyclic) bond motifs is 1. The average molecular weight is 400 g/mol. The number of hydrogen-bond acceptors (Lipinski definition) is 3. The molecule has 30 heavy (non-hydrogen) atoms. The topological polar surface area (TPSA) is 36.3 Å². The summed E-state index contributed by atoms with van der Waals surface area (Å²) in [6, 6.07) is 20.7. The van der Waals surface area contributed by atoms with E-state index in [9.17, 15) is 9.65 Å². The van der Waals surface area contributed by atoms with Crippen LogP contribution in [0.4, 0.5) is 4.39 Å². The number of nitrogens with zero attached hydrogens (tertiary/aromatic N) is 2. The Morgan fingerprint density at radius 3 is 2.53 bits per heavy atom. The van der Waals surface area contributed by atoms with Gasteiger partial charge in [0.1, 0.15) is 11.6 Å². The third-order valence-corrected chi connectivity index (χ3v) is 6.21. The maximum absolute atomic E-state index is 13.5. The molecule has 3 nitrogen and oxygen atoms in total. The smallest absolute Gasteiger partial charge is 0.123 e. The summed E-state index contributed by atoms with van der Waals surface area (Å²) in [5, 5.41) is 11.4. The summed E-state index contributed by atoms with van der Waals surface area (Å²) in [5.41, 5.74) is 2.33. The van der Waals surface area contributed by atoms with Gasteiger partial charge in [-0.1, -0.05) is 43.0 Å². The van der Waals surface area contributed by atoms with Gasteiger partial charge in [0.05, 0.1) is 18.2 Å². The van der Waals surface area contributed by atoms with Crippen molar-refractivity contribution in [1.82, 2.24) is 4.90 Å². The molecule has 4 heteroatoms. The van der Waals surface area contributed by atoms with Gasteiger partial charge in [0, 0.05) is 11.0 Å². The van der Waals surface area contributed by atoms with Crippen molar-refractivity contribution >= 4 is 16.5 Å². The summed E-state index contributed by atoms with van der Waals surface area (Å²) in [4.78, 5) is 2.31. The van der Waals surface area contributed by atoms with Crippen molar-refractivity contribution in [3.8, 4) is 6.07 Å². The molecule has 0 aliphatic carbocycles. The van der Waals surface area contributed by atoms with Gasteiger partial charge >= 0.3 is 0 Å². The lowest BCUT2D eigenvalue weighted by atomic mass is 9.73. The van der Waals surface area contributed by atoms with E-state index >= 15 is 0 Å². The zero-order chi connectivity index (χ0) is 21.1. The molecule has 0 unspecified atom stereocenters. The Labute approximate surface area is 177 Å². The van der Waals surface area contributed by atoms with Gasteiger partial charge in [-0.3, -0.25) is 0 Å². The number of likely N-dealkylation sites (tertiary alicyclic amines) is 1. The van der Waals surface area contributed by atoms with E-state index in [2.05, 4.69) is 24.6 Å². The van der Waals surface area contributed by atoms with Crippen LogP contribution in [0.5, 0.6) is 0 Å². The van der Waals surface area contributed by atoms with E-state index in [-0.39, 0.29) is 11.2 Å². The van der Waals surface area contributed by atoms with Crippen LogP contribution in [0.3, 0.4) is 0 Å². The second kappa shape index (κ2) is 8.30. The van der Waals surface area contributed by atoms with E-state index in [4.69, 9.17) is 4.74 Å². The molecule has 0 aromatic heterocycles. The largest absolute Gasteiger partial charge is 0.493 e. The minimum atomic E-state index is -0.230. The Morgan fingerprint density at radius 2 is 1.83 bits per heavy atom. The number of rotatable bonds is 5. The molecule has 1 saturated heterocycles. The molecule has 0 spiro atoms. The van der Waals surface area contributed by atoms with Gasteiger partial charge in [-0.25, -0.2) is 4.39 Å². The van der Waals surface area contributed by atoms with Crippen LogP contribution in [0.2, 0.25) is 0 Å². The van der Waals surface area contributed by atoms with Gasteiger partial charge in [0.15, 0.2) is 0 Å². The molecular formula is C26H25FN2O. The summed E-state index contributed by atoms with van der Waals surface area (Å²) in [7, 11) is 2.12. The van der Waals surface area contributed by atoms with Crippen molar-refractivity contribution in [3.05, 3.63) is 89.8 Å². The molecule has 152 valence electrons. The third kappa shape index (κ3) is 3.94. The standard InChI is InChI=1S/C26H25FN2O/c1-19(25-16-20(17-28)15-21-5-3-4-6-24(21)25)30-18-26(11-13-29(2)14-12-26)22-7-9-23(27)10-8-22/h3-10,15-16H,1,11-14,18H2,2H3. The van der Waals surface area contributed by atoms with E-state index < -0.39 is 0 Å². The van der Waals surface area contributed by atoms with Crippen LogP contribution in [0.1, 0.15) is 29.5 Å². The lowest BCUT2D eigenvalue weighted by Gasteiger charge is -2.41. The first kappa shape index (κ1) is 20.1. The van der Waals surface area contributed by atoms with Crippen LogP contribution in [0.25, 0.3) is 16.5 Å². The zero-order valence-corrected chi connectivity index (χ0v) is 17.2. The Bertz CT molecular complexity index is 1110. The molecule has 0 amide bonds. The normalized spacial score (nSPS) is 16.2. The number of halogens is 1. The summed E-state index contributed by atoms with van der Waals surface area (Å²) in [6.45, 7) is 6.57. The molecule has 1 aliphatic heterocycles. The number of hydrogen-bond donors (Lipinski definition) is 0. The fraction of sp³-hybridized carbons (Fsp3) is 0.269. The van der Waals surface area contributed by atoms with Crippen molar-refractivity contribution in [3.63, 3.8) is 0 Å². The highest BCUT2D eigenvalue weighted by Crippen LogP contribution is 2.37. The van der Waals surface area contributed by atoms with E-state index in [1.54, 1.807) is 0 Å². The van der Waals surface area contributed by atoms with Crippen LogP contribution in [-0.2, 0) is 10.2 Å². The van der Waals surface area contributed by atoms with E-state index in [0.717, 1.165) is 47.8 Å². The number of ether oxygens (including phenoxy) is 1. The average Bonchev–Trinajstić information content (AvgIpc) is 2.78. The van der Waals surface area contributed by atoms with Gasteiger partial charge in [-0.2, -0.15) is 5.26 Å². The fourth-order valence-electron chi connectivity index (χ4n) is 4.28. The predicted molar refractivity (Wildman–Crippen MR) is 118 cm³/mol. The van der Waals surface area contributed by atoms with Crippen molar-refractivity contribution in [1.29, 1.82) is 5.26 Å². The van der Waals surface area contributed by atoms with Crippen molar-refractivity contribution in [2.75, 3.05) is 26.7 Å². The van der Waals surface area contributed by atoms with Crippen LogP contribution in [0.15, 0.2) is 67.2 Å². The van der Waals surface area contributed by atoms with Crippen LogP contribution in [-0.4, -0.2) is 31.6 Å². The van der Waals surface area contributed by atoms with E-state index in [0.29, 0.717) is 17.9 Å². The first-order valence-electron chi connectivity index (χ1n) is 10.2. The van der Waals surface area contributed by atoms with Crippen molar-refractivity contribution < 1.29 is 9.13 Å². The molecule has 0 radical (unpaired) electrons. The Balaban J connectivity index is 1.63. The lowest BCUT2D eigenvalue weighted by molar-refractivity contribution is 0.112. The summed E-state index contributed by atoms with van der Waals surface area (Å²) in [6.07, 6.45) is 1.86. The van der Waals surface area contributed by atoms with Crippen LogP contribution in [0, 0.1) is 17.1 Å².